The monoisotopic (exact) mass is 263 g/mol. The molecule has 0 saturated carbocycles. The van der Waals surface area contributed by atoms with Gasteiger partial charge in [0.25, 0.3) is 0 Å². The first-order valence-electron chi connectivity index (χ1n) is 6.19. The molecule has 5 nitrogen and oxygen atoms in total. The zero-order valence-electron chi connectivity index (χ0n) is 11.6. The van der Waals surface area contributed by atoms with Crippen molar-refractivity contribution in [1.82, 2.24) is 10.6 Å². The highest BCUT2D eigenvalue weighted by molar-refractivity contribution is 5.86. The Morgan fingerprint density at radius 2 is 1.79 bits per heavy atom. The Balaban J connectivity index is 2.41. The van der Waals surface area contributed by atoms with E-state index >= 15 is 0 Å². The molecule has 104 valence electrons. The van der Waals surface area contributed by atoms with Crippen molar-refractivity contribution in [3.63, 3.8) is 0 Å². The number of nitrogens with one attached hydrogen (secondary N) is 2. The summed E-state index contributed by atoms with van der Waals surface area (Å²) in [6.07, 6.45) is 0.176. The van der Waals surface area contributed by atoms with Crippen LogP contribution in [0.15, 0.2) is 24.3 Å². The first-order valence-corrected chi connectivity index (χ1v) is 6.19. The van der Waals surface area contributed by atoms with E-state index in [0.717, 1.165) is 5.56 Å². The Morgan fingerprint density at radius 3 is 2.37 bits per heavy atom. The molecule has 0 aromatic heterocycles. The van der Waals surface area contributed by atoms with Crippen molar-refractivity contribution in [1.29, 1.82) is 0 Å². The molecule has 19 heavy (non-hydrogen) atoms. The minimum Gasteiger partial charge on any atom is -0.398 e. The number of benzene rings is 1. The number of amides is 2. The molecule has 0 fully saturated rings. The molecule has 0 spiro atoms. The van der Waals surface area contributed by atoms with E-state index in [4.69, 9.17) is 5.73 Å². The molecule has 0 atom stereocenters. The van der Waals surface area contributed by atoms with E-state index in [-0.39, 0.29) is 30.3 Å². The summed E-state index contributed by atoms with van der Waals surface area (Å²) in [7, 11) is 0. The summed E-state index contributed by atoms with van der Waals surface area (Å²) < 4.78 is 0. The highest BCUT2D eigenvalue weighted by Crippen LogP contribution is 2.10. The Kier molecular flexibility index (Phi) is 4.92. The lowest BCUT2D eigenvalue weighted by molar-refractivity contribution is -0.126. The fourth-order valence-electron chi connectivity index (χ4n) is 1.57. The summed E-state index contributed by atoms with van der Waals surface area (Å²) >= 11 is 0. The summed E-state index contributed by atoms with van der Waals surface area (Å²) in [5.74, 6) is -0.427. The van der Waals surface area contributed by atoms with Crippen LogP contribution in [0.4, 0.5) is 5.69 Å². The third-order valence-electron chi connectivity index (χ3n) is 2.37. The average molecular weight is 263 g/mol. The van der Waals surface area contributed by atoms with Gasteiger partial charge in [0.15, 0.2) is 0 Å². The molecule has 0 aliphatic carbocycles. The SMILES string of the molecule is CC(C)(C)NC(=O)CNC(=O)Cc1ccccc1N. The van der Waals surface area contributed by atoms with Gasteiger partial charge in [-0.25, -0.2) is 0 Å². The number of rotatable bonds is 4. The predicted octanol–water partition coefficient (Wildman–Crippen LogP) is 0.842. The van der Waals surface area contributed by atoms with Crippen LogP contribution in [0.3, 0.4) is 0 Å². The van der Waals surface area contributed by atoms with Gasteiger partial charge in [0, 0.05) is 11.2 Å². The summed E-state index contributed by atoms with van der Waals surface area (Å²) in [5.41, 5.74) is 6.79. The minimum atomic E-state index is -0.300. The molecule has 0 aliphatic rings. The summed E-state index contributed by atoms with van der Waals surface area (Å²) in [4.78, 5) is 23.2. The molecule has 0 radical (unpaired) electrons. The number of anilines is 1. The zero-order valence-corrected chi connectivity index (χ0v) is 11.6. The maximum Gasteiger partial charge on any atom is 0.239 e. The molecule has 2 amide bonds. The van der Waals surface area contributed by atoms with Crippen molar-refractivity contribution in [2.75, 3.05) is 12.3 Å². The molecule has 5 heteroatoms. The van der Waals surface area contributed by atoms with Gasteiger partial charge in [-0.2, -0.15) is 0 Å². The Labute approximate surface area is 113 Å². The summed E-state index contributed by atoms with van der Waals surface area (Å²) in [5, 5.41) is 5.35. The first kappa shape index (κ1) is 15.0. The van der Waals surface area contributed by atoms with Crippen LogP contribution in [0.2, 0.25) is 0 Å². The van der Waals surface area contributed by atoms with Gasteiger partial charge in [-0.1, -0.05) is 18.2 Å². The van der Waals surface area contributed by atoms with E-state index in [1.54, 1.807) is 12.1 Å². The van der Waals surface area contributed by atoms with Crippen LogP contribution in [-0.4, -0.2) is 23.9 Å². The molecule has 1 rings (SSSR count). The average Bonchev–Trinajstić information content (AvgIpc) is 2.27. The van der Waals surface area contributed by atoms with Gasteiger partial charge in [-0.05, 0) is 32.4 Å². The minimum absolute atomic E-state index is 0.0250. The van der Waals surface area contributed by atoms with Crippen LogP contribution in [0.1, 0.15) is 26.3 Å². The van der Waals surface area contributed by atoms with Gasteiger partial charge < -0.3 is 16.4 Å². The zero-order chi connectivity index (χ0) is 14.5. The van der Waals surface area contributed by atoms with Crippen molar-refractivity contribution in [2.24, 2.45) is 0 Å². The van der Waals surface area contributed by atoms with Crippen molar-refractivity contribution in [3.05, 3.63) is 29.8 Å². The Morgan fingerprint density at radius 1 is 1.16 bits per heavy atom. The number of nitrogens with two attached hydrogens (primary N) is 1. The van der Waals surface area contributed by atoms with Crippen LogP contribution in [-0.2, 0) is 16.0 Å². The van der Waals surface area contributed by atoms with Crippen molar-refractivity contribution in [2.45, 2.75) is 32.7 Å². The maximum atomic E-state index is 11.7. The van der Waals surface area contributed by atoms with Crippen LogP contribution < -0.4 is 16.4 Å². The second-order valence-corrected chi connectivity index (χ2v) is 5.45. The lowest BCUT2D eigenvalue weighted by Crippen LogP contribution is -2.46. The fourth-order valence-corrected chi connectivity index (χ4v) is 1.57. The number of hydrogen-bond acceptors (Lipinski definition) is 3. The van der Waals surface area contributed by atoms with E-state index < -0.39 is 0 Å². The Bertz CT molecular complexity index is 464. The molecule has 0 aliphatic heterocycles. The standard InChI is InChI=1S/C14H21N3O2/c1-14(2,3)17-13(19)9-16-12(18)8-10-6-4-5-7-11(10)15/h4-7H,8-9,15H2,1-3H3,(H,16,18)(H,17,19). The van der Waals surface area contributed by atoms with E-state index in [9.17, 15) is 9.59 Å². The van der Waals surface area contributed by atoms with Crippen molar-refractivity contribution >= 4 is 17.5 Å². The first-order chi connectivity index (χ1) is 8.78. The van der Waals surface area contributed by atoms with Gasteiger partial charge in [-0.3, -0.25) is 9.59 Å². The highest BCUT2D eigenvalue weighted by Gasteiger charge is 2.14. The fraction of sp³-hybridized carbons (Fsp3) is 0.429. The van der Waals surface area contributed by atoms with E-state index in [1.807, 2.05) is 32.9 Å². The second-order valence-electron chi connectivity index (χ2n) is 5.45. The molecular weight excluding hydrogens is 242 g/mol. The van der Waals surface area contributed by atoms with Crippen LogP contribution in [0, 0.1) is 0 Å². The lowest BCUT2D eigenvalue weighted by Gasteiger charge is -2.20. The third kappa shape index (κ3) is 5.90. The van der Waals surface area contributed by atoms with Gasteiger partial charge >= 0.3 is 0 Å². The van der Waals surface area contributed by atoms with Crippen LogP contribution in [0.5, 0.6) is 0 Å². The van der Waals surface area contributed by atoms with Crippen molar-refractivity contribution in [3.8, 4) is 0 Å². The molecule has 1 aromatic carbocycles. The number of para-hydroxylation sites is 1. The summed E-state index contributed by atoms with van der Waals surface area (Å²) in [6, 6.07) is 7.18. The van der Waals surface area contributed by atoms with E-state index in [1.165, 1.54) is 0 Å². The highest BCUT2D eigenvalue weighted by atomic mass is 16.2. The Hall–Kier alpha value is -2.04. The third-order valence-corrected chi connectivity index (χ3v) is 2.37. The smallest absolute Gasteiger partial charge is 0.239 e. The van der Waals surface area contributed by atoms with Gasteiger partial charge in [0.2, 0.25) is 11.8 Å². The van der Waals surface area contributed by atoms with E-state index in [0.29, 0.717) is 5.69 Å². The molecule has 4 N–H and O–H groups in total. The number of carbonyl (C=O) groups excluding carboxylic acids is 2. The number of hydrogen-bond donors (Lipinski definition) is 3. The largest absolute Gasteiger partial charge is 0.398 e. The van der Waals surface area contributed by atoms with Crippen LogP contribution in [0.25, 0.3) is 0 Å². The van der Waals surface area contributed by atoms with Gasteiger partial charge in [0.1, 0.15) is 0 Å². The molecule has 1 aromatic rings. The molecule has 0 bridgehead atoms. The van der Waals surface area contributed by atoms with Crippen molar-refractivity contribution < 1.29 is 9.59 Å². The molecule has 0 unspecified atom stereocenters. The van der Waals surface area contributed by atoms with Gasteiger partial charge in [0.05, 0.1) is 13.0 Å². The maximum absolute atomic E-state index is 11.7. The second kappa shape index (κ2) is 6.22. The summed E-state index contributed by atoms with van der Waals surface area (Å²) in [6.45, 7) is 5.63. The normalized spacial score (nSPS) is 10.9. The van der Waals surface area contributed by atoms with Crippen LogP contribution >= 0.6 is 0 Å². The van der Waals surface area contributed by atoms with E-state index in [2.05, 4.69) is 10.6 Å². The lowest BCUT2D eigenvalue weighted by atomic mass is 10.1. The number of nitrogen functional groups attached to an aromatic ring is 1. The van der Waals surface area contributed by atoms with Gasteiger partial charge in [-0.15, -0.1) is 0 Å². The molecule has 0 saturated heterocycles. The topological polar surface area (TPSA) is 84.2 Å². The molecule has 0 heterocycles. The quantitative estimate of drug-likeness (QED) is 0.704. The predicted molar refractivity (Wildman–Crippen MR) is 75.5 cm³/mol. The number of carbonyl (C=O) groups is 2. The molecular formula is C14H21N3O2.